The van der Waals surface area contributed by atoms with Gasteiger partial charge in [-0.1, -0.05) is 38.7 Å². The zero-order valence-electron chi connectivity index (χ0n) is 12.4. The Balaban J connectivity index is 2.05. The molecule has 1 aliphatic rings. The van der Waals surface area contributed by atoms with Crippen molar-refractivity contribution < 1.29 is 9.15 Å². The van der Waals surface area contributed by atoms with E-state index in [2.05, 4.69) is 35.9 Å². The number of unbranched alkanes of at least 4 members (excludes halogenated alkanes) is 1. The predicted molar refractivity (Wildman–Crippen MR) is 74.3 cm³/mol. The second-order valence-electron chi connectivity index (χ2n) is 5.69. The lowest BCUT2D eigenvalue weighted by Gasteiger charge is -2.39. The Morgan fingerprint density at radius 2 is 2.11 bits per heavy atom. The first-order chi connectivity index (χ1) is 9.10. The van der Waals surface area contributed by atoms with E-state index in [1.807, 2.05) is 6.92 Å². The van der Waals surface area contributed by atoms with Crippen LogP contribution in [0.3, 0.4) is 0 Å². The van der Waals surface area contributed by atoms with Gasteiger partial charge in [0.1, 0.15) is 0 Å². The van der Waals surface area contributed by atoms with Gasteiger partial charge in [-0.05, 0) is 12.3 Å². The van der Waals surface area contributed by atoms with Gasteiger partial charge in [-0.3, -0.25) is 0 Å². The molecule has 0 unspecified atom stereocenters. The molecular formula is C14H25N3O2. The normalized spacial score (nSPS) is 24.2. The lowest BCUT2D eigenvalue weighted by molar-refractivity contribution is -0.0531. The molecule has 5 heteroatoms. The maximum absolute atomic E-state index is 6.18. The minimum atomic E-state index is 0.239. The van der Waals surface area contributed by atoms with Crippen LogP contribution in [0.2, 0.25) is 0 Å². The third-order valence-electron chi connectivity index (χ3n) is 3.60. The molecule has 0 N–H and O–H groups in total. The van der Waals surface area contributed by atoms with Crippen LogP contribution in [0.15, 0.2) is 4.42 Å². The maximum atomic E-state index is 6.18. The second kappa shape index (κ2) is 6.37. The first-order valence-corrected chi connectivity index (χ1v) is 7.30. The van der Waals surface area contributed by atoms with Crippen LogP contribution < -0.4 is 4.90 Å². The van der Waals surface area contributed by atoms with Crippen LogP contribution in [0.4, 0.5) is 6.01 Å². The zero-order valence-corrected chi connectivity index (χ0v) is 12.4. The zero-order chi connectivity index (χ0) is 13.8. The highest BCUT2D eigenvalue weighted by Gasteiger charge is 2.31. The molecule has 1 aliphatic heterocycles. The Labute approximate surface area is 115 Å². The average Bonchev–Trinajstić information content (AvgIpc) is 2.82. The van der Waals surface area contributed by atoms with Gasteiger partial charge < -0.3 is 14.1 Å². The van der Waals surface area contributed by atoms with Crippen molar-refractivity contribution in [3.05, 3.63) is 5.89 Å². The van der Waals surface area contributed by atoms with Gasteiger partial charge in [0.2, 0.25) is 5.89 Å². The quantitative estimate of drug-likeness (QED) is 0.821. The van der Waals surface area contributed by atoms with Crippen LogP contribution >= 0.6 is 0 Å². The number of anilines is 1. The van der Waals surface area contributed by atoms with Crippen molar-refractivity contribution in [2.45, 2.75) is 59.2 Å². The Bertz CT molecular complexity index is 392. The van der Waals surface area contributed by atoms with Gasteiger partial charge >= 0.3 is 6.01 Å². The highest BCUT2D eigenvalue weighted by atomic mass is 16.5. The van der Waals surface area contributed by atoms with Crippen molar-refractivity contribution in [2.75, 3.05) is 18.0 Å². The smallest absolute Gasteiger partial charge is 0.318 e. The summed E-state index contributed by atoms with van der Waals surface area (Å²) in [6.07, 6.45) is 4.01. The van der Waals surface area contributed by atoms with Gasteiger partial charge in [0, 0.05) is 20.0 Å². The Morgan fingerprint density at radius 3 is 2.68 bits per heavy atom. The number of aromatic nitrogens is 2. The molecule has 5 nitrogen and oxygen atoms in total. The first kappa shape index (κ1) is 14.3. The van der Waals surface area contributed by atoms with Gasteiger partial charge in [0.25, 0.3) is 0 Å². The molecule has 108 valence electrons. The third kappa shape index (κ3) is 3.69. The van der Waals surface area contributed by atoms with Gasteiger partial charge in [0.15, 0.2) is 0 Å². The number of rotatable bonds is 5. The van der Waals surface area contributed by atoms with E-state index in [1.54, 1.807) is 0 Å². The van der Waals surface area contributed by atoms with E-state index >= 15 is 0 Å². The molecule has 0 aliphatic carbocycles. The molecule has 0 saturated carbocycles. The van der Waals surface area contributed by atoms with E-state index in [9.17, 15) is 0 Å². The molecule has 1 aromatic heterocycles. The third-order valence-corrected chi connectivity index (χ3v) is 3.60. The van der Waals surface area contributed by atoms with Crippen LogP contribution in [-0.2, 0) is 4.74 Å². The highest BCUT2D eigenvalue weighted by molar-refractivity contribution is 5.26. The van der Waals surface area contributed by atoms with Crippen LogP contribution in [0.1, 0.15) is 45.9 Å². The molecule has 1 aromatic rings. The van der Waals surface area contributed by atoms with Crippen molar-refractivity contribution in [3.8, 4) is 0 Å². The molecule has 0 aromatic carbocycles. The molecule has 1 saturated heterocycles. The summed E-state index contributed by atoms with van der Waals surface area (Å²) >= 11 is 0. The fraction of sp³-hybridized carbons (Fsp3) is 0.857. The van der Waals surface area contributed by atoms with Crippen molar-refractivity contribution in [1.82, 2.24) is 10.2 Å². The molecule has 0 spiro atoms. The number of hydrogen-bond donors (Lipinski definition) is 0. The second-order valence-corrected chi connectivity index (χ2v) is 5.69. The fourth-order valence-corrected chi connectivity index (χ4v) is 2.40. The van der Waals surface area contributed by atoms with Crippen LogP contribution in [0.5, 0.6) is 0 Å². The standard InChI is InChI=1S/C14H25N3O2/c1-5-6-7-12-8-17(9-13(19-12)10(2)3)14-16-15-11(4)18-14/h10,12-13H,5-9H2,1-4H3/t12-,13-/m1/s1. The SMILES string of the molecule is CCCC[C@@H]1CN(c2nnc(C)o2)C[C@H](C(C)C)O1. The molecule has 0 amide bonds. The number of nitrogens with zero attached hydrogens (tertiary/aromatic N) is 3. The summed E-state index contributed by atoms with van der Waals surface area (Å²) in [6, 6.07) is 0.632. The van der Waals surface area contributed by atoms with Gasteiger partial charge in [-0.25, -0.2) is 0 Å². The van der Waals surface area contributed by atoms with Crippen molar-refractivity contribution in [3.63, 3.8) is 0 Å². The monoisotopic (exact) mass is 267 g/mol. The average molecular weight is 267 g/mol. The van der Waals surface area contributed by atoms with E-state index in [4.69, 9.17) is 9.15 Å². The fourth-order valence-electron chi connectivity index (χ4n) is 2.40. The number of hydrogen-bond acceptors (Lipinski definition) is 5. The van der Waals surface area contributed by atoms with Gasteiger partial charge in [-0.15, -0.1) is 5.10 Å². The molecule has 0 bridgehead atoms. The van der Waals surface area contributed by atoms with Gasteiger partial charge in [0.05, 0.1) is 12.2 Å². The lowest BCUT2D eigenvalue weighted by Crippen LogP contribution is -2.49. The molecule has 2 heterocycles. The Hall–Kier alpha value is -1.10. The number of morpholine rings is 1. The number of aryl methyl sites for hydroxylation is 1. The first-order valence-electron chi connectivity index (χ1n) is 7.30. The number of ether oxygens (including phenoxy) is 1. The predicted octanol–water partition coefficient (Wildman–Crippen LogP) is 2.80. The summed E-state index contributed by atoms with van der Waals surface area (Å²) in [5.74, 6) is 1.11. The minimum absolute atomic E-state index is 0.239. The van der Waals surface area contributed by atoms with E-state index in [1.165, 1.54) is 12.8 Å². The Morgan fingerprint density at radius 1 is 1.32 bits per heavy atom. The Kier molecular flexibility index (Phi) is 4.80. The molecule has 0 radical (unpaired) electrons. The van der Waals surface area contributed by atoms with Crippen molar-refractivity contribution in [1.29, 1.82) is 0 Å². The van der Waals surface area contributed by atoms with Gasteiger partial charge in [-0.2, -0.15) is 0 Å². The lowest BCUT2D eigenvalue weighted by atomic mass is 10.0. The maximum Gasteiger partial charge on any atom is 0.318 e. The topological polar surface area (TPSA) is 51.4 Å². The van der Waals surface area contributed by atoms with Crippen molar-refractivity contribution in [2.24, 2.45) is 5.92 Å². The largest absolute Gasteiger partial charge is 0.408 e. The summed E-state index contributed by atoms with van der Waals surface area (Å²) in [6.45, 7) is 10.1. The summed E-state index contributed by atoms with van der Waals surface area (Å²) in [7, 11) is 0. The summed E-state index contributed by atoms with van der Waals surface area (Å²) < 4.78 is 11.7. The molecule has 1 fully saturated rings. The van der Waals surface area contributed by atoms with Crippen LogP contribution in [-0.4, -0.2) is 35.5 Å². The highest BCUT2D eigenvalue weighted by Crippen LogP contribution is 2.24. The van der Waals surface area contributed by atoms with E-state index in [0.717, 1.165) is 19.5 Å². The van der Waals surface area contributed by atoms with E-state index in [0.29, 0.717) is 17.8 Å². The van der Waals surface area contributed by atoms with E-state index < -0.39 is 0 Å². The molecular weight excluding hydrogens is 242 g/mol. The summed E-state index contributed by atoms with van der Waals surface area (Å²) in [5, 5.41) is 8.05. The van der Waals surface area contributed by atoms with Crippen molar-refractivity contribution >= 4 is 6.01 Å². The molecule has 2 atom stereocenters. The van der Waals surface area contributed by atoms with Crippen LogP contribution in [0.25, 0.3) is 0 Å². The van der Waals surface area contributed by atoms with Crippen LogP contribution in [0, 0.1) is 12.8 Å². The summed E-state index contributed by atoms with van der Waals surface area (Å²) in [4.78, 5) is 2.18. The molecule has 2 rings (SSSR count). The minimum Gasteiger partial charge on any atom is -0.408 e. The summed E-state index contributed by atoms with van der Waals surface area (Å²) in [5.41, 5.74) is 0. The molecule has 19 heavy (non-hydrogen) atoms. The van der Waals surface area contributed by atoms with E-state index in [-0.39, 0.29) is 12.2 Å².